The van der Waals surface area contributed by atoms with Crippen molar-refractivity contribution in [2.24, 2.45) is 0 Å². The number of benzene rings is 2. The Morgan fingerprint density at radius 1 is 1.29 bits per heavy atom. The van der Waals surface area contributed by atoms with Crippen molar-refractivity contribution in [1.82, 2.24) is 4.98 Å². The SMILES string of the molecule is COc1ccc2nc(NC(=O)C(=O)C(C#N)c3ccc([N+](=O)[O-])cc3)sc2c1. The third-order valence-electron chi connectivity index (χ3n) is 3.87. The van der Waals surface area contributed by atoms with Crippen LogP contribution in [0.25, 0.3) is 10.2 Å². The van der Waals surface area contributed by atoms with Crippen LogP contribution >= 0.6 is 11.3 Å². The highest BCUT2D eigenvalue weighted by atomic mass is 32.1. The number of nitro groups is 1. The zero-order valence-corrected chi connectivity index (χ0v) is 15.2. The van der Waals surface area contributed by atoms with E-state index in [2.05, 4.69) is 10.3 Å². The van der Waals surface area contributed by atoms with Gasteiger partial charge in [-0.2, -0.15) is 5.26 Å². The number of methoxy groups -OCH3 is 1. The topological polar surface area (TPSA) is 135 Å². The third kappa shape index (κ3) is 3.79. The maximum atomic E-state index is 12.4. The first-order valence-electron chi connectivity index (χ1n) is 7.86. The van der Waals surface area contributed by atoms with Crippen LogP contribution in [0.2, 0.25) is 0 Å². The molecule has 140 valence electrons. The molecule has 0 bridgehead atoms. The number of aromatic nitrogens is 1. The number of thiazole rings is 1. The number of nitro benzene ring substituents is 1. The largest absolute Gasteiger partial charge is 0.497 e. The second kappa shape index (κ2) is 7.81. The summed E-state index contributed by atoms with van der Waals surface area (Å²) in [5.74, 6) is -2.72. The van der Waals surface area contributed by atoms with Crippen molar-refractivity contribution in [3.8, 4) is 11.8 Å². The zero-order chi connectivity index (χ0) is 20.3. The minimum atomic E-state index is -1.38. The van der Waals surface area contributed by atoms with Crippen LogP contribution < -0.4 is 10.1 Å². The van der Waals surface area contributed by atoms with Gasteiger partial charge < -0.3 is 4.74 Å². The van der Waals surface area contributed by atoms with Crippen LogP contribution in [0.1, 0.15) is 11.5 Å². The Balaban J connectivity index is 1.78. The summed E-state index contributed by atoms with van der Waals surface area (Å²) in [6.07, 6.45) is 0. The van der Waals surface area contributed by atoms with E-state index in [1.165, 1.54) is 31.4 Å². The van der Waals surface area contributed by atoms with Gasteiger partial charge in [-0.15, -0.1) is 0 Å². The molecule has 1 atom stereocenters. The molecule has 0 radical (unpaired) electrons. The van der Waals surface area contributed by atoms with Gasteiger partial charge in [0.2, 0.25) is 5.78 Å². The van der Waals surface area contributed by atoms with Crippen LogP contribution in [0.4, 0.5) is 10.8 Å². The molecule has 0 spiro atoms. The van der Waals surface area contributed by atoms with Gasteiger partial charge in [-0.1, -0.05) is 23.5 Å². The third-order valence-corrected chi connectivity index (χ3v) is 4.80. The Kier molecular flexibility index (Phi) is 5.28. The first kappa shape index (κ1) is 18.9. The van der Waals surface area contributed by atoms with Crippen molar-refractivity contribution in [2.75, 3.05) is 12.4 Å². The fourth-order valence-electron chi connectivity index (χ4n) is 2.45. The highest BCUT2D eigenvalue weighted by molar-refractivity contribution is 7.22. The van der Waals surface area contributed by atoms with Gasteiger partial charge in [-0.3, -0.25) is 25.0 Å². The minimum Gasteiger partial charge on any atom is -0.497 e. The van der Waals surface area contributed by atoms with Crippen LogP contribution in [-0.2, 0) is 9.59 Å². The van der Waals surface area contributed by atoms with Crippen LogP contribution in [0.5, 0.6) is 5.75 Å². The molecule has 0 fully saturated rings. The van der Waals surface area contributed by atoms with E-state index in [1.807, 2.05) is 0 Å². The Hall–Kier alpha value is -3.84. The van der Waals surface area contributed by atoms with Crippen molar-refractivity contribution >= 4 is 44.1 Å². The van der Waals surface area contributed by atoms with E-state index in [0.29, 0.717) is 11.3 Å². The average molecular weight is 396 g/mol. The zero-order valence-electron chi connectivity index (χ0n) is 14.4. The number of hydrogen-bond donors (Lipinski definition) is 1. The van der Waals surface area contributed by atoms with E-state index in [0.717, 1.165) is 16.0 Å². The van der Waals surface area contributed by atoms with Gasteiger partial charge in [-0.25, -0.2) is 4.98 Å². The predicted octanol–water partition coefficient (Wildman–Crippen LogP) is 3.03. The number of nitrogens with one attached hydrogen (secondary N) is 1. The normalized spacial score (nSPS) is 11.4. The summed E-state index contributed by atoms with van der Waals surface area (Å²) in [7, 11) is 1.53. The number of rotatable bonds is 6. The van der Waals surface area contributed by atoms with Crippen LogP contribution in [0, 0.1) is 21.4 Å². The summed E-state index contributed by atoms with van der Waals surface area (Å²) >= 11 is 1.16. The highest BCUT2D eigenvalue weighted by Crippen LogP contribution is 2.29. The molecule has 1 amide bonds. The lowest BCUT2D eigenvalue weighted by Crippen LogP contribution is -2.27. The van der Waals surface area contributed by atoms with E-state index < -0.39 is 22.5 Å². The van der Waals surface area contributed by atoms with Gasteiger partial charge in [-0.05, 0) is 23.8 Å². The second-order valence-corrected chi connectivity index (χ2v) is 6.61. The molecule has 2 aromatic carbocycles. The van der Waals surface area contributed by atoms with Gasteiger partial charge in [0.1, 0.15) is 11.7 Å². The lowest BCUT2D eigenvalue weighted by molar-refractivity contribution is -0.384. The minimum absolute atomic E-state index is 0.178. The number of amides is 1. The van der Waals surface area contributed by atoms with E-state index in [1.54, 1.807) is 24.3 Å². The van der Waals surface area contributed by atoms with Crippen LogP contribution in [0.3, 0.4) is 0 Å². The molecule has 0 saturated carbocycles. The van der Waals surface area contributed by atoms with Gasteiger partial charge in [0, 0.05) is 12.1 Å². The van der Waals surface area contributed by atoms with E-state index in [-0.39, 0.29) is 16.4 Å². The lowest BCUT2D eigenvalue weighted by Gasteiger charge is -2.07. The highest BCUT2D eigenvalue weighted by Gasteiger charge is 2.28. The van der Waals surface area contributed by atoms with Crippen molar-refractivity contribution in [1.29, 1.82) is 5.26 Å². The summed E-state index contributed by atoms with van der Waals surface area (Å²) in [4.78, 5) is 39.0. The number of fused-ring (bicyclic) bond motifs is 1. The fourth-order valence-corrected chi connectivity index (χ4v) is 3.34. The Morgan fingerprint density at radius 3 is 2.61 bits per heavy atom. The van der Waals surface area contributed by atoms with E-state index in [9.17, 15) is 25.0 Å². The van der Waals surface area contributed by atoms with Gasteiger partial charge in [0.15, 0.2) is 5.13 Å². The molecule has 1 heterocycles. The molecule has 0 aliphatic heterocycles. The van der Waals surface area contributed by atoms with E-state index in [4.69, 9.17) is 4.74 Å². The molecule has 28 heavy (non-hydrogen) atoms. The molecule has 9 nitrogen and oxygen atoms in total. The molecule has 10 heteroatoms. The van der Waals surface area contributed by atoms with Crippen molar-refractivity contribution < 1.29 is 19.2 Å². The Morgan fingerprint density at radius 2 is 2.00 bits per heavy atom. The first-order valence-corrected chi connectivity index (χ1v) is 8.68. The fraction of sp³-hybridized carbons (Fsp3) is 0.111. The van der Waals surface area contributed by atoms with Gasteiger partial charge >= 0.3 is 0 Å². The molecule has 3 aromatic rings. The smallest absolute Gasteiger partial charge is 0.295 e. The summed E-state index contributed by atoms with van der Waals surface area (Å²) in [6.45, 7) is 0. The van der Waals surface area contributed by atoms with Crippen LogP contribution in [-0.4, -0.2) is 28.7 Å². The molecule has 1 unspecified atom stereocenters. The quantitative estimate of drug-likeness (QED) is 0.384. The number of ketones is 1. The summed E-state index contributed by atoms with van der Waals surface area (Å²) in [6, 6.07) is 11.9. The monoisotopic (exact) mass is 396 g/mol. The first-order chi connectivity index (χ1) is 13.4. The molecule has 1 aromatic heterocycles. The van der Waals surface area contributed by atoms with Crippen molar-refractivity contribution in [3.63, 3.8) is 0 Å². The number of hydrogen-bond acceptors (Lipinski definition) is 8. The summed E-state index contributed by atoms with van der Waals surface area (Å²) < 4.78 is 5.89. The Labute approximate surface area is 162 Å². The van der Waals surface area contributed by atoms with Gasteiger partial charge in [0.25, 0.3) is 11.6 Å². The number of nitrogens with zero attached hydrogens (tertiary/aromatic N) is 3. The number of Topliss-reactive ketones (excluding diaryl/α,β-unsaturated/α-hetero) is 1. The van der Waals surface area contributed by atoms with Crippen LogP contribution in [0.15, 0.2) is 42.5 Å². The number of ether oxygens (including phenoxy) is 1. The summed E-state index contributed by atoms with van der Waals surface area (Å²) in [5, 5.41) is 22.6. The maximum absolute atomic E-state index is 12.4. The lowest BCUT2D eigenvalue weighted by atomic mass is 9.95. The second-order valence-electron chi connectivity index (χ2n) is 5.58. The number of anilines is 1. The molecule has 3 rings (SSSR count). The molecule has 0 aliphatic carbocycles. The number of carbonyl (C=O) groups excluding carboxylic acids is 2. The maximum Gasteiger partial charge on any atom is 0.295 e. The number of carbonyl (C=O) groups is 2. The predicted molar refractivity (Wildman–Crippen MR) is 101 cm³/mol. The molecule has 1 N–H and O–H groups in total. The standard InChI is InChI=1S/C18H12N4O5S/c1-27-12-6-7-14-15(8-12)28-18(20-14)21-17(24)16(23)13(9-19)10-2-4-11(5-3-10)22(25)26/h2-8,13H,1H3,(H,20,21,24). The van der Waals surface area contributed by atoms with Gasteiger partial charge in [0.05, 0.1) is 28.3 Å². The van der Waals surface area contributed by atoms with Crippen molar-refractivity contribution in [2.45, 2.75) is 5.92 Å². The number of nitriles is 1. The Bertz CT molecular complexity index is 1120. The van der Waals surface area contributed by atoms with Crippen molar-refractivity contribution in [3.05, 3.63) is 58.1 Å². The summed E-state index contributed by atoms with van der Waals surface area (Å²) in [5.41, 5.74) is 0.644. The molecule has 0 aliphatic rings. The average Bonchev–Trinajstić information content (AvgIpc) is 3.09. The van der Waals surface area contributed by atoms with E-state index >= 15 is 0 Å². The molecular formula is C18H12N4O5S. The molecule has 0 saturated heterocycles. The molecular weight excluding hydrogens is 384 g/mol. The number of non-ortho nitro benzene ring substituents is 1.